The number of para-hydroxylation sites is 1. The van der Waals surface area contributed by atoms with Crippen molar-refractivity contribution in [3.05, 3.63) is 87.8 Å². The number of halogens is 2. The van der Waals surface area contributed by atoms with Crippen LogP contribution < -0.4 is 5.62 Å². The molecule has 0 saturated heterocycles. The molecule has 1 N–H and O–H groups in total. The Kier molecular flexibility index (Phi) is 6.72. The van der Waals surface area contributed by atoms with Crippen LogP contribution in [0.15, 0.2) is 65.3 Å². The molecule has 2 aromatic heterocycles. The predicted octanol–water partition coefficient (Wildman–Crippen LogP) is 4.87. The van der Waals surface area contributed by atoms with Gasteiger partial charge >= 0.3 is 0 Å². The number of carbonyl (C=O) groups excluding carboxylic acids is 2. The van der Waals surface area contributed by atoms with Crippen molar-refractivity contribution < 1.29 is 14.0 Å². The van der Waals surface area contributed by atoms with Crippen molar-refractivity contribution in [3.63, 3.8) is 0 Å². The van der Waals surface area contributed by atoms with Crippen molar-refractivity contribution in [2.75, 3.05) is 13.6 Å². The minimum Gasteiger partial charge on any atom is -0.459 e. The third-order valence-electron chi connectivity index (χ3n) is 5.46. The van der Waals surface area contributed by atoms with Crippen LogP contribution in [0.25, 0.3) is 11.0 Å². The fourth-order valence-corrected chi connectivity index (χ4v) is 4.16. The molecule has 7 nitrogen and oxygen atoms in total. The van der Waals surface area contributed by atoms with Gasteiger partial charge in [0.2, 0.25) is 5.62 Å². The molecule has 0 fully saturated rings. The highest BCUT2D eigenvalue weighted by Gasteiger charge is 2.18. The van der Waals surface area contributed by atoms with Crippen molar-refractivity contribution in [2.45, 2.75) is 19.5 Å². The minimum absolute atomic E-state index is 0.00118. The van der Waals surface area contributed by atoms with Crippen LogP contribution in [0.5, 0.6) is 0 Å². The number of furan rings is 1. The second-order valence-corrected chi connectivity index (χ2v) is 8.50. The summed E-state index contributed by atoms with van der Waals surface area (Å²) < 4.78 is 8.59. The zero-order valence-corrected chi connectivity index (χ0v) is 19.4. The largest absolute Gasteiger partial charge is 0.459 e. The second-order valence-electron chi connectivity index (χ2n) is 7.66. The number of benzene rings is 2. The van der Waals surface area contributed by atoms with Gasteiger partial charge in [-0.05, 0) is 55.0 Å². The van der Waals surface area contributed by atoms with E-state index in [-0.39, 0.29) is 29.6 Å². The number of ketones is 1. The van der Waals surface area contributed by atoms with E-state index in [4.69, 9.17) is 33.0 Å². The number of hydrogen-bond donors (Lipinski definition) is 1. The molecule has 0 bridgehead atoms. The average Bonchev–Trinajstić information content (AvgIpc) is 3.43. The lowest BCUT2D eigenvalue weighted by Crippen LogP contribution is -2.30. The number of aromatic nitrogens is 2. The number of carbonyl (C=O) groups is 2. The van der Waals surface area contributed by atoms with Crippen molar-refractivity contribution >= 4 is 45.9 Å². The van der Waals surface area contributed by atoms with E-state index >= 15 is 0 Å². The molecule has 9 heteroatoms. The molecule has 4 aromatic rings. The summed E-state index contributed by atoms with van der Waals surface area (Å²) in [6, 6.07) is 15.4. The number of imidazole rings is 1. The summed E-state index contributed by atoms with van der Waals surface area (Å²) >= 11 is 12.4. The molecule has 1 amide bonds. The summed E-state index contributed by atoms with van der Waals surface area (Å²) in [5, 5.41) is 9.80. The van der Waals surface area contributed by atoms with Crippen molar-refractivity contribution in [1.82, 2.24) is 14.0 Å². The molecular weight excluding hydrogens is 463 g/mol. The molecule has 0 spiro atoms. The maximum absolute atomic E-state index is 12.9. The standard InChI is InChI=1S/C24H22Cl2N4O3/c1-28(23(32)21-7-3-14-33-21)12-4-13-29-22-18(26)5-2-6-19(22)30(24(29)27)15-20(31)16-8-10-17(25)11-9-16/h2-3,5-11,14,27H,4,12-13,15H2,1H3. The zero-order valence-electron chi connectivity index (χ0n) is 17.9. The lowest BCUT2D eigenvalue weighted by atomic mass is 10.1. The van der Waals surface area contributed by atoms with E-state index in [1.165, 1.54) is 6.26 Å². The van der Waals surface area contributed by atoms with Crippen LogP contribution in [0.4, 0.5) is 0 Å². The first-order chi connectivity index (χ1) is 15.9. The molecule has 0 atom stereocenters. The molecule has 0 radical (unpaired) electrons. The predicted molar refractivity (Wildman–Crippen MR) is 127 cm³/mol. The Labute approximate surface area is 200 Å². The molecule has 0 aliphatic carbocycles. The highest BCUT2D eigenvalue weighted by molar-refractivity contribution is 6.35. The summed E-state index contributed by atoms with van der Waals surface area (Å²) in [6.07, 6.45) is 2.06. The van der Waals surface area contributed by atoms with Crippen molar-refractivity contribution in [1.29, 1.82) is 5.41 Å². The van der Waals surface area contributed by atoms with Gasteiger partial charge in [-0.2, -0.15) is 0 Å². The van der Waals surface area contributed by atoms with Crippen LogP contribution in [-0.4, -0.2) is 39.3 Å². The molecule has 170 valence electrons. The van der Waals surface area contributed by atoms with Gasteiger partial charge in [0.15, 0.2) is 11.5 Å². The van der Waals surface area contributed by atoms with E-state index in [0.29, 0.717) is 46.2 Å². The SMILES string of the molecule is CN(CCCn1c(=N)n(CC(=O)c2ccc(Cl)cc2)c2cccc(Cl)c21)C(=O)c1ccco1. The Balaban J connectivity index is 1.56. The summed E-state index contributed by atoms with van der Waals surface area (Å²) in [5.74, 6) is -0.0511. The first-order valence-electron chi connectivity index (χ1n) is 10.4. The fourth-order valence-electron chi connectivity index (χ4n) is 3.76. The van der Waals surface area contributed by atoms with E-state index in [9.17, 15) is 9.59 Å². The fraction of sp³-hybridized carbons (Fsp3) is 0.208. The van der Waals surface area contributed by atoms with Crippen LogP contribution >= 0.6 is 23.2 Å². The monoisotopic (exact) mass is 484 g/mol. The lowest BCUT2D eigenvalue weighted by Gasteiger charge is -2.16. The molecule has 2 aromatic carbocycles. The van der Waals surface area contributed by atoms with Gasteiger partial charge in [0.05, 0.1) is 28.9 Å². The summed E-state index contributed by atoms with van der Waals surface area (Å²) in [4.78, 5) is 26.8. The van der Waals surface area contributed by atoms with Crippen LogP contribution in [-0.2, 0) is 13.1 Å². The van der Waals surface area contributed by atoms with E-state index in [0.717, 1.165) is 0 Å². The Hall–Kier alpha value is -3.29. The van der Waals surface area contributed by atoms with E-state index in [1.807, 2.05) is 6.07 Å². The number of Topliss-reactive ketones (excluding diaryl/α,β-unsaturated/α-hetero) is 1. The molecule has 4 rings (SSSR count). The van der Waals surface area contributed by atoms with Gasteiger partial charge in [0.25, 0.3) is 5.91 Å². The summed E-state index contributed by atoms with van der Waals surface area (Å²) in [5.41, 5.74) is 2.08. The molecule has 33 heavy (non-hydrogen) atoms. The average molecular weight is 485 g/mol. The normalized spacial score (nSPS) is 11.1. The summed E-state index contributed by atoms with van der Waals surface area (Å²) in [6.45, 7) is 0.922. The maximum Gasteiger partial charge on any atom is 0.289 e. The molecule has 0 unspecified atom stereocenters. The molecular formula is C24H22Cl2N4O3. The molecule has 2 heterocycles. The smallest absolute Gasteiger partial charge is 0.289 e. The van der Waals surface area contributed by atoms with E-state index in [2.05, 4.69) is 0 Å². The van der Waals surface area contributed by atoms with Gasteiger partial charge in [0.1, 0.15) is 0 Å². The van der Waals surface area contributed by atoms with Crippen LogP contribution in [0.3, 0.4) is 0 Å². The maximum atomic E-state index is 12.9. The van der Waals surface area contributed by atoms with Crippen LogP contribution in [0.1, 0.15) is 27.3 Å². The Morgan fingerprint density at radius 2 is 1.79 bits per heavy atom. The number of rotatable bonds is 8. The van der Waals surface area contributed by atoms with Gasteiger partial charge in [-0.25, -0.2) is 0 Å². The van der Waals surface area contributed by atoms with Gasteiger partial charge in [-0.3, -0.25) is 15.0 Å². The second kappa shape index (κ2) is 9.68. The van der Waals surface area contributed by atoms with Gasteiger partial charge in [-0.15, -0.1) is 0 Å². The van der Waals surface area contributed by atoms with E-state index < -0.39 is 0 Å². The zero-order chi connectivity index (χ0) is 23.5. The number of nitrogens with zero attached hydrogens (tertiary/aromatic N) is 3. The summed E-state index contributed by atoms with van der Waals surface area (Å²) in [7, 11) is 1.71. The van der Waals surface area contributed by atoms with Crippen LogP contribution in [0, 0.1) is 5.41 Å². The highest BCUT2D eigenvalue weighted by atomic mass is 35.5. The van der Waals surface area contributed by atoms with E-state index in [1.54, 1.807) is 69.6 Å². The highest BCUT2D eigenvalue weighted by Crippen LogP contribution is 2.23. The number of hydrogen-bond acceptors (Lipinski definition) is 4. The topological polar surface area (TPSA) is 84.2 Å². The van der Waals surface area contributed by atoms with Crippen molar-refractivity contribution in [2.24, 2.45) is 0 Å². The van der Waals surface area contributed by atoms with Gasteiger partial charge < -0.3 is 18.5 Å². The van der Waals surface area contributed by atoms with Crippen molar-refractivity contribution in [3.8, 4) is 0 Å². The third-order valence-corrected chi connectivity index (χ3v) is 6.02. The number of nitrogens with one attached hydrogen (secondary N) is 1. The van der Waals surface area contributed by atoms with Gasteiger partial charge in [-0.1, -0.05) is 29.3 Å². The number of fused-ring (bicyclic) bond motifs is 1. The molecule has 0 aliphatic heterocycles. The lowest BCUT2D eigenvalue weighted by molar-refractivity contribution is 0.0760. The third kappa shape index (κ3) is 4.74. The molecule has 0 aliphatic rings. The first kappa shape index (κ1) is 22.9. The first-order valence-corrected chi connectivity index (χ1v) is 11.1. The number of amides is 1. The minimum atomic E-state index is -0.204. The Bertz CT molecular complexity index is 1360. The number of aryl methyl sites for hydroxylation is 1. The molecule has 0 saturated carbocycles. The quantitative estimate of drug-likeness (QED) is 0.362. The Morgan fingerprint density at radius 3 is 2.48 bits per heavy atom. The van der Waals surface area contributed by atoms with Gasteiger partial charge in [0, 0.05) is 30.7 Å². The Morgan fingerprint density at radius 1 is 1.03 bits per heavy atom. The van der Waals surface area contributed by atoms with Crippen LogP contribution in [0.2, 0.25) is 10.0 Å².